The quantitative estimate of drug-likeness (QED) is 0.0149. The largest absolute Gasteiger partial charge is 0.449 e. The highest BCUT2D eigenvalue weighted by molar-refractivity contribution is 6.23. The molecular weight excluding hydrogens is 977 g/mol. The van der Waals surface area contributed by atoms with Crippen molar-refractivity contribution in [3.05, 3.63) is 92.7 Å². The minimum absolute atomic E-state index is 0.132. The number of ether oxygens (including phenoxy) is 2. The highest BCUT2D eigenvalue weighted by Gasteiger charge is 2.39. The Morgan fingerprint density at radius 2 is 0.709 bits per heavy atom. The van der Waals surface area contributed by atoms with Crippen LogP contribution in [0.2, 0.25) is 0 Å². The van der Waals surface area contributed by atoms with Crippen molar-refractivity contribution in [3.63, 3.8) is 0 Å². The fraction of sp³-hybridized carbons (Fsp3) is 0.708. The molecule has 0 aliphatic rings. The van der Waals surface area contributed by atoms with Crippen molar-refractivity contribution in [2.45, 2.75) is 321 Å². The van der Waals surface area contributed by atoms with Gasteiger partial charge in [0.05, 0.1) is 11.8 Å². The Bertz CT molecular complexity index is 1980. The summed E-state index contributed by atoms with van der Waals surface area (Å²) in [6.45, 7) is 28.4. The predicted molar refractivity (Wildman–Crippen MR) is 338 cm³/mol. The number of unbranched alkanes of at least 4 members (excludes halogenated alkanes) is 22. The zero-order chi connectivity index (χ0) is 59.2. The third kappa shape index (κ3) is 41.5. The summed E-state index contributed by atoms with van der Waals surface area (Å²) in [5, 5.41) is 0. The monoisotopic (exact) mass is 1100 g/mol. The molecule has 0 aromatic carbocycles. The Morgan fingerprint density at radius 1 is 0.380 bits per heavy atom. The molecule has 0 fully saturated rings. The Hall–Kier alpha value is -4.13. The maximum Gasteiger partial charge on any atom is 0.349 e. The molecule has 7 heteroatoms. The van der Waals surface area contributed by atoms with Crippen LogP contribution in [0.15, 0.2) is 92.7 Å². The van der Waals surface area contributed by atoms with Crippen molar-refractivity contribution in [1.82, 2.24) is 0 Å². The van der Waals surface area contributed by atoms with E-state index in [1.807, 2.05) is 48.5 Å². The molecule has 0 amide bonds. The Labute approximate surface area is 486 Å². The van der Waals surface area contributed by atoms with E-state index in [1.165, 1.54) is 126 Å². The first-order valence-electron chi connectivity index (χ1n) is 32.0. The lowest BCUT2D eigenvalue weighted by Gasteiger charge is -2.26. The molecule has 0 heterocycles. The number of esters is 3. The van der Waals surface area contributed by atoms with E-state index in [9.17, 15) is 19.2 Å². The lowest BCUT2D eigenvalue weighted by molar-refractivity contribution is -0.168. The number of allylic oxidation sites excluding steroid dienone is 13. The van der Waals surface area contributed by atoms with E-state index >= 15 is 4.79 Å². The van der Waals surface area contributed by atoms with Gasteiger partial charge >= 0.3 is 17.9 Å². The molecule has 0 saturated carbocycles. The van der Waals surface area contributed by atoms with E-state index < -0.39 is 41.6 Å². The van der Waals surface area contributed by atoms with Crippen molar-refractivity contribution in [2.75, 3.05) is 0 Å². The van der Waals surface area contributed by atoms with E-state index in [-0.39, 0.29) is 11.4 Å². The SMILES string of the molecule is CCCCCCCCCCCCCCC(C(=O)OC(=O)/C(C(=O)/C=C(\C)CCC=C(C)C)=C(\C)CCC=C(C)C)C(CCCCCCCCCCCCCC)C(=O)OC(/C=C(\C)CCC=C(C)C)C(=O)/C=C(\C)CCC=C(C)C. The highest BCUT2D eigenvalue weighted by atomic mass is 16.6. The molecule has 450 valence electrons. The molecule has 79 heavy (non-hydrogen) atoms. The van der Waals surface area contributed by atoms with E-state index in [4.69, 9.17) is 9.47 Å². The summed E-state index contributed by atoms with van der Waals surface area (Å²) in [4.78, 5) is 73.1. The van der Waals surface area contributed by atoms with Crippen LogP contribution >= 0.6 is 0 Å². The molecule has 0 N–H and O–H groups in total. The van der Waals surface area contributed by atoms with Crippen LogP contribution in [0.3, 0.4) is 0 Å². The van der Waals surface area contributed by atoms with E-state index in [0.29, 0.717) is 63.4 Å². The van der Waals surface area contributed by atoms with Gasteiger partial charge < -0.3 is 9.47 Å². The van der Waals surface area contributed by atoms with Gasteiger partial charge in [-0.2, -0.15) is 0 Å². The van der Waals surface area contributed by atoms with Crippen LogP contribution in [0.4, 0.5) is 0 Å². The molecule has 0 bridgehead atoms. The zero-order valence-electron chi connectivity index (χ0n) is 53.7. The van der Waals surface area contributed by atoms with Crippen LogP contribution in [0.25, 0.3) is 0 Å². The Morgan fingerprint density at radius 3 is 1.09 bits per heavy atom. The molecule has 0 radical (unpaired) electrons. The van der Waals surface area contributed by atoms with Gasteiger partial charge in [-0.1, -0.05) is 237 Å². The molecular formula is C72H120O7. The van der Waals surface area contributed by atoms with Crippen molar-refractivity contribution in [3.8, 4) is 0 Å². The summed E-state index contributed by atoms with van der Waals surface area (Å²) in [6.07, 6.45) is 45.9. The standard InChI is InChI=1S/C72H120O7/c1-15-17-19-21-23-25-27-29-31-33-35-37-51-64(70(75)78-68(55-62(13)49-41-45-58(7)8)66(73)53-60(11)47-39-43-56(3)4)65(52-38-36-34-32-30-28-26-24-22-20-18-16-2)71(76)79-72(77)69(63(14)50-42-46-59(9)10)67(74)54-61(12)48-40-44-57(5)6/h43-46,53-55,64-65,68H,15-42,47-52H2,1-14H3/b60-53+,61-54+,62-55+,69-63+. The fourth-order valence-corrected chi connectivity index (χ4v) is 10.0. The Balaban J connectivity index is 7.37. The van der Waals surface area contributed by atoms with Crippen molar-refractivity contribution >= 4 is 29.5 Å². The molecule has 7 nitrogen and oxygen atoms in total. The lowest BCUT2D eigenvalue weighted by atomic mass is 9.83. The summed E-state index contributed by atoms with van der Waals surface area (Å²) in [5.41, 5.74) is 7.81. The van der Waals surface area contributed by atoms with Crippen LogP contribution in [-0.2, 0) is 33.4 Å². The topological polar surface area (TPSA) is 104 Å². The smallest absolute Gasteiger partial charge is 0.349 e. The summed E-state index contributed by atoms with van der Waals surface area (Å²) in [6, 6.07) is 0. The summed E-state index contributed by atoms with van der Waals surface area (Å²) < 4.78 is 12.3. The van der Waals surface area contributed by atoms with Gasteiger partial charge in [-0.05, 0) is 166 Å². The number of carbonyl (C=O) groups is 5. The first kappa shape index (κ1) is 74.9. The second-order valence-corrected chi connectivity index (χ2v) is 24.3. The van der Waals surface area contributed by atoms with E-state index in [0.717, 1.165) is 80.1 Å². The second-order valence-electron chi connectivity index (χ2n) is 24.3. The van der Waals surface area contributed by atoms with Crippen LogP contribution < -0.4 is 0 Å². The zero-order valence-corrected chi connectivity index (χ0v) is 53.7. The van der Waals surface area contributed by atoms with Gasteiger partial charge in [0, 0.05) is 0 Å². The van der Waals surface area contributed by atoms with E-state index in [2.05, 4.69) is 65.8 Å². The molecule has 0 aliphatic heterocycles. The predicted octanol–water partition coefficient (Wildman–Crippen LogP) is 21.7. The van der Waals surface area contributed by atoms with Crippen molar-refractivity contribution < 1.29 is 33.4 Å². The normalized spacial score (nSPS) is 13.4. The van der Waals surface area contributed by atoms with Crippen LogP contribution in [0.5, 0.6) is 0 Å². The molecule has 0 aromatic rings. The molecule has 0 aliphatic carbocycles. The summed E-state index contributed by atoms with van der Waals surface area (Å²) in [7, 11) is 0. The van der Waals surface area contributed by atoms with Gasteiger partial charge in [0.2, 0.25) is 0 Å². The third-order valence-corrected chi connectivity index (χ3v) is 15.0. The van der Waals surface area contributed by atoms with Gasteiger partial charge in [-0.25, -0.2) is 4.79 Å². The average Bonchev–Trinajstić information content (AvgIpc) is 3.36. The van der Waals surface area contributed by atoms with Gasteiger partial charge in [0.25, 0.3) is 0 Å². The number of hydrogen-bond acceptors (Lipinski definition) is 7. The van der Waals surface area contributed by atoms with Crippen LogP contribution in [-0.4, -0.2) is 35.6 Å². The van der Waals surface area contributed by atoms with Crippen molar-refractivity contribution in [2.24, 2.45) is 11.8 Å². The highest BCUT2D eigenvalue weighted by Crippen LogP contribution is 2.31. The number of hydrogen-bond donors (Lipinski definition) is 0. The molecule has 0 spiro atoms. The van der Waals surface area contributed by atoms with Crippen molar-refractivity contribution in [1.29, 1.82) is 0 Å². The minimum Gasteiger partial charge on any atom is -0.449 e. The lowest BCUT2D eigenvalue weighted by Crippen LogP contribution is -2.37. The summed E-state index contributed by atoms with van der Waals surface area (Å²) >= 11 is 0. The van der Waals surface area contributed by atoms with Crippen LogP contribution in [0, 0.1) is 11.8 Å². The first-order chi connectivity index (χ1) is 37.7. The van der Waals surface area contributed by atoms with Gasteiger partial charge in [0.1, 0.15) is 5.57 Å². The van der Waals surface area contributed by atoms with Gasteiger partial charge in [0.15, 0.2) is 17.7 Å². The van der Waals surface area contributed by atoms with Gasteiger partial charge in [-0.15, -0.1) is 0 Å². The molecule has 3 unspecified atom stereocenters. The first-order valence-corrected chi connectivity index (χ1v) is 32.0. The number of rotatable bonds is 48. The third-order valence-electron chi connectivity index (χ3n) is 15.0. The molecule has 0 aromatic heterocycles. The molecule has 3 atom stereocenters. The fourth-order valence-electron chi connectivity index (χ4n) is 10.0. The van der Waals surface area contributed by atoms with Gasteiger partial charge in [-0.3, -0.25) is 19.2 Å². The Kier molecular flexibility index (Phi) is 46.0. The maximum atomic E-state index is 15.1. The second kappa shape index (κ2) is 48.6. The summed E-state index contributed by atoms with van der Waals surface area (Å²) in [5.74, 6) is -5.20. The maximum absolute atomic E-state index is 15.1. The molecule has 0 saturated heterocycles. The number of ketones is 2. The van der Waals surface area contributed by atoms with Crippen LogP contribution in [0.1, 0.15) is 315 Å². The minimum atomic E-state index is -1.19. The number of carbonyl (C=O) groups excluding carboxylic acids is 5. The van der Waals surface area contributed by atoms with E-state index in [1.54, 1.807) is 19.1 Å². The average molecular weight is 1100 g/mol. The molecule has 0 rings (SSSR count).